The van der Waals surface area contributed by atoms with E-state index in [0.717, 1.165) is 29.0 Å². The second-order valence-electron chi connectivity index (χ2n) is 15.1. The molecule has 2 heterocycles. The van der Waals surface area contributed by atoms with Crippen LogP contribution in [0.4, 0.5) is 0 Å². The smallest absolute Gasteiger partial charge is 0.139 e. The highest BCUT2D eigenvalue weighted by Crippen LogP contribution is 2.49. The Labute approximate surface area is 330 Å². The van der Waals surface area contributed by atoms with Gasteiger partial charge < -0.3 is 0 Å². The summed E-state index contributed by atoms with van der Waals surface area (Å²) >= 11 is 1.89. The van der Waals surface area contributed by atoms with Crippen molar-refractivity contribution >= 4 is 131 Å². The van der Waals surface area contributed by atoms with Crippen LogP contribution < -0.4 is 27.3 Å². The monoisotopic (exact) mass is 716 g/mol. The van der Waals surface area contributed by atoms with E-state index < -0.39 is 0 Å². The maximum atomic E-state index is 5.12. The van der Waals surface area contributed by atoms with Crippen molar-refractivity contribution in [3.05, 3.63) is 139 Å². The van der Waals surface area contributed by atoms with Crippen LogP contribution in [0.2, 0.25) is 0 Å². The molecule has 0 aliphatic rings. The summed E-state index contributed by atoms with van der Waals surface area (Å²) in [5.41, 5.74) is 17.8. The molecule has 0 unspecified atom stereocenters. The van der Waals surface area contributed by atoms with Crippen LogP contribution in [0.25, 0.3) is 91.8 Å². The quantitative estimate of drug-likeness (QED) is 0.189. The lowest BCUT2D eigenvalue weighted by Gasteiger charge is -2.23. The highest BCUT2D eigenvalue weighted by Gasteiger charge is 2.24. The molecule has 0 spiro atoms. The number of aryl methyl sites for hydroxylation is 1. The molecular formula is C47H37B5N2S. The Bertz CT molecular complexity index is 3190. The number of fused-ring (bicyclic) bond motifs is 6. The van der Waals surface area contributed by atoms with Crippen LogP contribution in [0, 0.1) is 0 Å². The Morgan fingerprint density at radius 3 is 1.85 bits per heavy atom. The number of thiophene rings is 1. The van der Waals surface area contributed by atoms with Crippen LogP contribution in [0.5, 0.6) is 0 Å². The van der Waals surface area contributed by atoms with Gasteiger partial charge in [-0.25, -0.2) is 4.98 Å². The fraction of sp³-hybridized carbons (Fsp3) is 0.0426. The van der Waals surface area contributed by atoms with Crippen LogP contribution in [-0.4, -0.2) is 48.8 Å². The molecule has 256 valence electrons. The number of para-hydroxylation sites is 3. The lowest BCUT2D eigenvalue weighted by atomic mass is 9.59. The van der Waals surface area contributed by atoms with Gasteiger partial charge in [-0.2, -0.15) is 0 Å². The van der Waals surface area contributed by atoms with Gasteiger partial charge in [-0.3, -0.25) is 4.57 Å². The molecule has 0 aliphatic carbocycles. The van der Waals surface area contributed by atoms with E-state index >= 15 is 0 Å². The first kappa shape index (κ1) is 33.8. The predicted molar refractivity (Wildman–Crippen MR) is 256 cm³/mol. The number of aromatic nitrogens is 2. The average molecular weight is 716 g/mol. The Morgan fingerprint density at radius 1 is 0.509 bits per heavy atom. The second kappa shape index (κ2) is 13.0. The molecule has 2 aromatic heterocycles. The number of benzene rings is 8. The van der Waals surface area contributed by atoms with E-state index in [1.807, 2.05) is 11.3 Å². The molecule has 2 nitrogen and oxygen atoms in total. The van der Waals surface area contributed by atoms with Crippen LogP contribution in [0.1, 0.15) is 12.7 Å². The summed E-state index contributed by atoms with van der Waals surface area (Å²) in [7, 11) is 11.4. The lowest BCUT2D eigenvalue weighted by Crippen LogP contribution is -2.55. The van der Waals surface area contributed by atoms with Crippen LogP contribution in [-0.2, 0) is 6.42 Å². The van der Waals surface area contributed by atoms with Crippen molar-refractivity contribution in [2.45, 2.75) is 13.3 Å². The summed E-state index contributed by atoms with van der Waals surface area (Å²) in [5.74, 6) is 1.06. The number of hydrogen-bond acceptors (Lipinski definition) is 2. The van der Waals surface area contributed by atoms with E-state index in [1.54, 1.807) is 0 Å². The molecule has 0 N–H and O–H groups in total. The van der Waals surface area contributed by atoms with Gasteiger partial charge in [0.05, 0.1) is 16.7 Å². The molecule has 55 heavy (non-hydrogen) atoms. The summed E-state index contributed by atoms with van der Waals surface area (Å²) in [6.07, 6.45) is 0.833. The minimum Gasteiger partial charge on any atom is -0.296 e. The van der Waals surface area contributed by atoms with E-state index in [0.29, 0.717) is 0 Å². The van der Waals surface area contributed by atoms with E-state index in [9.17, 15) is 0 Å². The average Bonchev–Trinajstić information content (AvgIpc) is 3.80. The van der Waals surface area contributed by atoms with Crippen molar-refractivity contribution in [1.82, 2.24) is 9.55 Å². The molecule has 0 amide bonds. The number of nitrogens with zero attached hydrogens (tertiary/aromatic N) is 2. The zero-order valence-corrected chi connectivity index (χ0v) is 33.0. The minimum absolute atomic E-state index is 0.833. The zero-order valence-electron chi connectivity index (χ0n) is 32.2. The second-order valence-corrected chi connectivity index (χ2v) is 16.1. The maximum absolute atomic E-state index is 5.12. The van der Waals surface area contributed by atoms with Gasteiger partial charge in [-0.15, -0.1) is 27.7 Å². The first-order valence-corrected chi connectivity index (χ1v) is 20.2. The van der Waals surface area contributed by atoms with Gasteiger partial charge in [0, 0.05) is 32.2 Å². The van der Waals surface area contributed by atoms with Gasteiger partial charge in [0.1, 0.15) is 45.1 Å². The summed E-state index contributed by atoms with van der Waals surface area (Å²) in [5, 5.41) is 7.68. The standard InChI is InChI=1S/C47H37B5N2S/c1-2-38-53-33-17-7-9-19-35(33)54(38)34-18-8-5-14-29(34)40-26-12-3-4-13-27(26)41(31-16-11-21-37-42(31)30-15-6-10-20-36(30)55-37)32-24-25(22-23-28(32)40)39-43(48)45(50)47(52)46(51)44(39)49/h3-24H,2,48-52H2,1H3. The predicted octanol–water partition coefficient (Wildman–Crippen LogP) is 4.56. The van der Waals surface area contributed by atoms with Crippen molar-refractivity contribution in [2.75, 3.05) is 0 Å². The van der Waals surface area contributed by atoms with Crippen molar-refractivity contribution in [1.29, 1.82) is 0 Å². The molecule has 0 saturated heterocycles. The van der Waals surface area contributed by atoms with E-state index in [2.05, 4.69) is 184 Å². The van der Waals surface area contributed by atoms with E-state index in [-0.39, 0.29) is 0 Å². The van der Waals surface area contributed by atoms with E-state index in [4.69, 9.17) is 4.98 Å². The largest absolute Gasteiger partial charge is 0.296 e. The highest BCUT2D eigenvalue weighted by atomic mass is 32.1. The van der Waals surface area contributed by atoms with Gasteiger partial charge in [-0.1, -0.05) is 115 Å². The maximum Gasteiger partial charge on any atom is 0.139 e. The third-order valence-corrected chi connectivity index (χ3v) is 13.5. The van der Waals surface area contributed by atoms with Crippen LogP contribution >= 0.6 is 11.3 Å². The summed E-state index contributed by atoms with van der Waals surface area (Å²) in [6.45, 7) is 2.20. The molecule has 0 radical (unpaired) electrons. The Kier molecular flexibility index (Phi) is 7.97. The zero-order chi connectivity index (χ0) is 37.5. The molecule has 10 aromatic rings. The molecule has 10 rings (SSSR count). The van der Waals surface area contributed by atoms with E-state index in [1.165, 1.54) is 102 Å². The normalized spacial score (nSPS) is 11.8. The fourth-order valence-corrected chi connectivity index (χ4v) is 10.4. The Morgan fingerprint density at radius 2 is 1.09 bits per heavy atom. The van der Waals surface area contributed by atoms with Crippen LogP contribution in [0.15, 0.2) is 133 Å². The Hall–Kier alpha value is -5.71. The number of imidazole rings is 1. The minimum atomic E-state index is 0.833. The van der Waals surface area contributed by atoms with Gasteiger partial charge in [0.25, 0.3) is 0 Å². The first-order valence-electron chi connectivity index (χ1n) is 19.4. The molecule has 0 saturated carbocycles. The number of hydrogen-bond donors (Lipinski definition) is 0. The number of rotatable bonds is 5. The first-order chi connectivity index (χ1) is 26.9. The molecule has 0 atom stereocenters. The molecule has 8 aromatic carbocycles. The van der Waals surface area contributed by atoms with Gasteiger partial charge in [0.15, 0.2) is 0 Å². The van der Waals surface area contributed by atoms with Crippen molar-refractivity contribution in [3.8, 4) is 39.1 Å². The molecule has 0 aliphatic heterocycles. The molecule has 8 heteroatoms. The SMILES string of the molecule is Bc1c(B)c(B)c(-c2ccc3c(-c4ccccc4-n4c(CC)nc5ccccc54)c4ccccc4c(-c4cccc5sc6ccccc6c45)c3c2)c(B)c1B. The molecular weight excluding hydrogens is 679 g/mol. The third-order valence-electron chi connectivity index (χ3n) is 12.3. The lowest BCUT2D eigenvalue weighted by molar-refractivity contribution is 0.909. The summed E-state index contributed by atoms with van der Waals surface area (Å²) < 4.78 is 5.02. The van der Waals surface area contributed by atoms with Crippen molar-refractivity contribution in [2.24, 2.45) is 0 Å². The van der Waals surface area contributed by atoms with Gasteiger partial charge in [0.2, 0.25) is 0 Å². The van der Waals surface area contributed by atoms with Gasteiger partial charge >= 0.3 is 0 Å². The molecule has 0 fully saturated rings. The fourth-order valence-electron chi connectivity index (χ4n) is 9.29. The Balaban J connectivity index is 1.39. The van der Waals surface area contributed by atoms with Crippen molar-refractivity contribution < 1.29 is 0 Å². The summed E-state index contributed by atoms with van der Waals surface area (Å²) in [6, 6.07) is 49.6. The van der Waals surface area contributed by atoms with Gasteiger partial charge in [-0.05, 0) is 85.8 Å². The highest BCUT2D eigenvalue weighted by molar-refractivity contribution is 7.26. The molecule has 0 bridgehead atoms. The van der Waals surface area contributed by atoms with Crippen LogP contribution in [0.3, 0.4) is 0 Å². The topological polar surface area (TPSA) is 17.8 Å². The third kappa shape index (κ3) is 5.04. The van der Waals surface area contributed by atoms with Crippen molar-refractivity contribution in [3.63, 3.8) is 0 Å². The summed E-state index contributed by atoms with van der Waals surface area (Å²) in [4.78, 5) is 5.12.